The molecule has 0 aromatic heterocycles. The average Bonchev–Trinajstić information content (AvgIpc) is 1.63. The second-order valence-electron chi connectivity index (χ2n) is 2.57. The topological polar surface area (TPSA) is 44.6 Å². The second-order valence-corrected chi connectivity index (χ2v) is 2.57. The maximum Gasteiger partial charge on any atom is 0.0666 e. The fourth-order valence-corrected chi connectivity index (χ4v) is 0. The summed E-state index contributed by atoms with van der Waals surface area (Å²) in [6.45, 7) is 4.48. The summed E-state index contributed by atoms with van der Waals surface area (Å²) < 4.78 is 0. The first kappa shape index (κ1) is 16.8. The molecule has 0 heterocycles. The molecule has 0 fully saturated rings. The van der Waals surface area contributed by atoms with Crippen LogP contribution in [0.2, 0.25) is 0 Å². The minimum Gasteiger partial charge on any atom is -1.00 e. The Morgan fingerprint density at radius 1 is 1.36 bits per heavy atom. The molecule has 0 aromatic rings. The van der Waals surface area contributed by atoms with Crippen LogP contribution in [-0.2, 0) is 4.79 Å². The summed E-state index contributed by atoms with van der Waals surface area (Å²) in [5.74, 6) is -1.19. The number of rotatable bonds is 1. The molecule has 0 aliphatic heterocycles. The van der Waals surface area contributed by atoms with Crippen LogP contribution in [0.4, 0.5) is 0 Å². The van der Waals surface area contributed by atoms with E-state index in [0.717, 1.165) is 0 Å². The van der Waals surface area contributed by atoms with Gasteiger partial charge in [-0.15, -0.1) is 0 Å². The van der Waals surface area contributed by atoms with Crippen molar-refractivity contribution in [3.8, 4) is 0 Å². The second kappa shape index (κ2) is 9.46. The fraction of sp³-hybridized carbons (Fsp3) is 0.571. The molecule has 0 aliphatic rings. The summed E-state index contributed by atoms with van der Waals surface area (Å²) >= 11 is 0. The van der Waals surface area contributed by atoms with Crippen LogP contribution in [0.3, 0.4) is 0 Å². The first-order chi connectivity index (χ1) is 4.37. The van der Waals surface area contributed by atoms with E-state index in [9.17, 15) is 9.90 Å². The van der Waals surface area contributed by atoms with Crippen molar-refractivity contribution < 1.29 is 27.2 Å². The van der Waals surface area contributed by atoms with Crippen LogP contribution in [0.1, 0.15) is 6.92 Å². The lowest BCUT2D eigenvalue weighted by atomic mass is 10.4. The zero-order chi connectivity index (χ0) is 8.73. The lowest BCUT2D eigenvalue weighted by molar-refractivity contribution is -0.836. The van der Waals surface area contributed by atoms with Crippen LogP contribution in [0.15, 0.2) is 12.2 Å². The van der Waals surface area contributed by atoms with Gasteiger partial charge in [-0.25, -0.2) is 0 Å². The summed E-state index contributed by atoms with van der Waals surface area (Å²) in [4.78, 5) is 10.9. The van der Waals surface area contributed by atoms with Gasteiger partial charge in [0.25, 0.3) is 0 Å². The van der Waals surface area contributed by atoms with Crippen LogP contribution < -0.4 is 22.4 Å². The van der Waals surface area contributed by atoms with Crippen LogP contribution in [0, 0.1) is 0 Å². The Balaban J connectivity index is -0.000000114. The van der Waals surface area contributed by atoms with Crippen molar-refractivity contribution in [1.29, 1.82) is 0 Å². The molecule has 0 amide bonds. The number of carboxylic acid groups (broad SMARTS) is 1. The minimum absolute atomic E-state index is 0. The van der Waals surface area contributed by atoms with Gasteiger partial charge < -0.3 is 27.2 Å². The number of carboxylic acids is 1. The number of aliphatic carboxylic acids is 1. The number of carbonyl (C=O) groups is 1. The van der Waals surface area contributed by atoms with Gasteiger partial charge >= 0.3 is 0 Å². The summed E-state index contributed by atoms with van der Waals surface area (Å²) in [6, 6.07) is 0. The number of quaternary nitrogens is 1. The van der Waals surface area contributed by atoms with Crippen molar-refractivity contribution in [2.45, 2.75) is 6.92 Å². The molecular weight excluding hydrogens is 166 g/mol. The molecule has 1 N–H and O–H groups in total. The van der Waals surface area contributed by atoms with Crippen LogP contribution in [0.25, 0.3) is 0 Å². The number of hydrogen-bond acceptors (Lipinski definition) is 2. The number of hydrogen-bond donors (Lipinski definition) is 1. The lowest BCUT2D eigenvalue weighted by Gasteiger charge is -1.93. The Morgan fingerprint density at radius 2 is 1.45 bits per heavy atom. The third-order valence-electron chi connectivity index (χ3n) is 0.348. The first-order valence-corrected chi connectivity index (χ1v) is 3.01. The normalized spacial score (nSPS) is 7.36. The van der Waals surface area contributed by atoms with Crippen LogP contribution in [0.5, 0.6) is 0 Å². The molecule has 68 valence electrons. The molecule has 0 aliphatic carbocycles. The highest BCUT2D eigenvalue weighted by atomic mass is 35.5. The Morgan fingerprint density at radius 3 is 1.45 bits per heavy atom. The molecular formula is C7H15ClNO2-. The SMILES string of the molecule is C=C(C)C(=O)[O-].C[NH+](C)C.[Cl-]. The molecule has 3 nitrogen and oxygen atoms in total. The molecule has 0 radical (unpaired) electrons. The highest BCUT2D eigenvalue weighted by Crippen LogP contribution is 1.77. The largest absolute Gasteiger partial charge is 1.00 e. The highest BCUT2D eigenvalue weighted by molar-refractivity contribution is 5.82. The molecule has 0 atom stereocenters. The van der Waals surface area contributed by atoms with Crippen molar-refractivity contribution >= 4 is 5.97 Å². The molecule has 0 aromatic carbocycles. The first-order valence-electron chi connectivity index (χ1n) is 3.01. The van der Waals surface area contributed by atoms with Gasteiger partial charge in [-0.1, -0.05) is 6.58 Å². The van der Waals surface area contributed by atoms with Gasteiger partial charge in [0.05, 0.1) is 27.1 Å². The molecule has 0 spiro atoms. The molecule has 0 saturated carbocycles. The van der Waals surface area contributed by atoms with Crippen molar-refractivity contribution in [2.24, 2.45) is 0 Å². The fourth-order valence-electron chi connectivity index (χ4n) is 0. The van der Waals surface area contributed by atoms with E-state index < -0.39 is 5.97 Å². The minimum atomic E-state index is -1.19. The number of halogens is 1. The smallest absolute Gasteiger partial charge is 0.0666 e. The molecule has 0 unspecified atom stereocenters. The van der Waals surface area contributed by atoms with Crippen molar-refractivity contribution in [3.63, 3.8) is 0 Å². The zero-order valence-corrected chi connectivity index (χ0v) is 8.16. The third-order valence-corrected chi connectivity index (χ3v) is 0.348. The van der Waals surface area contributed by atoms with Gasteiger partial charge in [0.1, 0.15) is 0 Å². The lowest BCUT2D eigenvalue weighted by Crippen LogP contribution is -3.02. The number of carbonyl (C=O) groups excluding carboxylic acids is 1. The summed E-state index contributed by atoms with van der Waals surface area (Å²) in [5, 5.41) is 9.49. The monoisotopic (exact) mass is 180 g/mol. The highest BCUT2D eigenvalue weighted by Gasteiger charge is 1.76. The van der Waals surface area contributed by atoms with Gasteiger partial charge in [0.2, 0.25) is 0 Å². The predicted molar refractivity (Wildman–Crippen MR) is 38.6 cm³/mol. The Hall–Kier alpha value is -0.540. The van der Waals surface area contributed by atoms with E-state index in [2.05, 4.69) is 27.7 Å². The van der Waals surface area contributed by atoms with Crippen LogP contribution >= 0.6 is 0 Å². The molecule has 4 heteroatoms. The molecule has 0 saturated heterocycles. The maximum absolute atomic E-state index is 9.49. The van der Waals surface area contributed by atoms with E-state index in [4.69, 9.17) is 0 Å². The maximum atomic E-state index is 9.49. The van der Waals surface area contributed by atoms with E-state index in [1.807, 2.05) is 0 Å². The molecule has 0 bridgehead atoms. The van der Waals surface area contributed by atoms with Gasteiger partial charge in [0, 0.05) is 0 Å². The van der Waals surface area contributed by atoms with E-state index in [0.29, 0.717) is 0 Å². The average molecular weight is 181 g/mol. The third kappa shape index (κ3) is 44.0. The van der Waals surface area contributed by atoms with E-state index in [1.54, 1.807) is 0 Å². The molecule has 11 heavy (non-hydrogen) atoms. The summed E-state index contributed by atoms with van der Waals surface area (Å²) in [5.41, 5.74) is 0.0648. The summed E-state index contributed by atoms with van der Waals surface area (Å²) in [7, 11) is 6.25. The standard InChI is InChI=1S/C4H6O2.C3H9N.ClH/c1-3(2)4(5)6;1-4(2)3;/h1H2,2H3,(H,5,6);1-3H3;1H/p-1. The Bertz CT molecular complexity index is 109. The van der Waals surface area contributed by atoms with Crippen LogP contribution in [-0.4, -0.2) is 27.1 Å². The summed E-state index contributed by atoms with van der Waals surface area (Å²) in [6.07, 6.45) is 0. The Labute approximate surface area is 74.1 Å². The van der Waals surface area contributed by atoms with Crippen molar-refractivity contribution in [2.75, 3.05) is 21.1 Å². The van der Waals surface area contributed by atoms with Crippen molar-refractivity contribution in [3.05, 3.63) is 12.2 Å². The Kier molecular flexibility index (Phi) is 14.5. The number of nitrogens with one attached hydrogen (secondary N) is 1. The van der Waals surface area contributed by atoms with E-state index >= 15 is 0 Å². The zero-order valence-electron chi connectivity index (χ0n) is 7.40. The predicted octanol–water partition coefficient (Wildman–Crippen LogP) is -4.92. The van der Waals surface area contributed by atoms with E-state index in [1.165, 1.54) is 11.8 Å². The molecule has 0 rings (SSSR count). The van der Waals surface area contributed by atoms with Gasteiger partial charge in [-0.2, -0.15) is 0 Å². The van der Waals surface area contributed by atoms with Crippen molar-refractivity contribution in [1.82, 2.24) is 0 Å². The van der Waals surface area contributed by atoms with E-state index in [-0.39, 0.29) is 18.0 Å². The van der Waals surface area contributed by atoms with Gasteiger partial charge in [0.15, 0.2) is 0 Å². The quantitative estimate of drug-likeness (QED) is 0.411. The van der Waals surface area contributed by atoms with Gasteiger partial charge in [-0.3, -0.25) is 0 Å². The van der Waals surface area contributed by atoms with Gasteiger partial charge in [-0.05, 0) is 12.5 Å².